The number of halogens is 1. The van der Waals surface area contributed by atoms with Crippen molar-refractivity contribution in [3.8, 4) is 11.1 Å². The summed E-state index contributed by atoms with van der Waals surface area (Å²) in [5, 5.41) is 11.1. The molecule has 0 heterocycles. The van der Waals surface area contributed by atoms with Gasteiger partial charge in [0.2, 0.25) is 0 Å². The molecule has 0 spiro atoms. The van der Waals surface area contributed by atoms with Gasteiger partial charge in [-0.15, -0.1) is 0 Å². The number of carboxylic acid groups (broad SMARTS) is 1. The molecule has 2 aromatic carbocycles. The lowest BCUT2D eigenvalue weighted by Crippen LogP contribution is -2.24. The van der Waals surface area contributed by atoms with Gasteiger partial charge in [-0.25, -0.2) is 0 Å². The molecule has 0 saturated heterocycles. The molecular weight excluding hydrogens is 236 g/mol. The molecule has 0 unspecified atom stereocenters. The van der Waals surface area contributed by atoms with Crippen molar-refractivity contribution in [3.05, 3.63) is 59.1 Å². The van der Waals surface area contributed by atoms with Crippen LogP contribution in [0.3, 0.4) is 0 Å². The Morgan fingerprint density at radius 1 is 1.06 bits per heavy atom. The lowest BCUT2D eigenvalue weighted by molar-refractivity contribution is -0.304. The maximum Gasteiger partial charge on any atom is 0.0458 e. The second-order valence-corrected chi connectivity index (χ2v) is 4.19. The van der Waals surface area contributed by atoms with Crippen LogP contribution in [0.15, 0.2) is 48.5 Å². The summed E-state index contributed by atoms with van der Waals surface area (Å²) in [4.78, 5) is 10.4. The van der Waals surface area contributed by atoms with Crippen molar-refractivity contribution in [2.75, 3.05) is 0 Å². The highest BCUT2D eigenvalue weighted by atomic mass is 35.5. The molecule has 2 rings (SSSR count). The minimum Gasteiger partial charge on any atom is -0.550 e. The lowest BCUT2D eigenvalue weighted by Gasteiger charge is -2.05. The molecule has 3 heteroatoms. The lowest BCUT2D eigenvalue weighted by atomic mass is 10.0. The van der Waals surface area contributed by atoms with Crippen molar-refractivity contribution in [3.63, 3.8) is 0 Å². The van der Waals surface area contributed by atoms with Gasteiger partial charge in [-0.05, 0) is 28.8 Å². The summed E-state index contributed by atoms with van der Waals surface area (Å²) in [6.07, 6.45) is -0.0597. The van der Waals surface area contributed by atoms with Gasteiger partial charge in [0.05, 0.1) is 0 Å². The number of carbonyl (C=O) groups is 1. The third kappa shape index (κ3) is 3.08. The van der Waals surface area contributed by atoms with Crippen LogP contribution in [0.5, 0.6) is 0 Å². The summed E-state index contributed by atoms with van der Waals surface area (Å²) in [6.45, 7) is 0. The summed E-state index contributed by atoms with van der Waals surface area (Å²) in [6, 6.07) is 14.9. The second-order valence-electron chi connectivity index (χ2n) is 3.76. The van der Waals surface area contributed by atoms with Crippen molar-refractivity contribution >= 4 is 17.6 Å². The Labute approximate surface area is 104 Å². The van der Waals surface area contributed by atoms with Gasteiger partial charge in [0.25, 0.3) is 0 Å². The molecule has 0 aliphatic carbocycles. The quantitative estimate of drug-likeness (QED) is 0.833. The molecule has 0 bridgehead atoms. The van der Waals surface area contributed by atoms with Gasteiger partial charge in [0.15, 0.2) is 0 Å². The molecular formula is C14H10ClO2-. The minimum atomic E-state index is -1.07. The Balaban J connectivity index is 2.26. The van der Waals surface area contributed by atoms with Crippen molar-refractivity contribution < 1.29 is 9.90 Å². The Morgan fingerprint density at radius 3 is 2.35 bits per heavy atom. The van der Waals surface area contributed by atoms with E-state index < -0.39 is 5.97 Å². The Bertz CT molecular complexity index is 532. The predicted molar refractivity (Wildman–Crippen MR) is 65.6 cm³/mol. The van der Waals surface area contributed by atoms with Gasteiger partial charge in [-0.1, -0.05) is 48.0 Å². The van der Waals surface area contributed by atoms with Crippen molar-refractivity contribution in [1.29, 1.82) is 0 Å². The first-order valence-electron chi connectivity index (χ1n) is 5.20. The van der Waals surface area contributed by atoms with E-state index in [4.69, 9.17) is 11.6 Å². The fourth-order valence-corrected chi connectivity index (χ4v) is 1.84. The van der Waals surface area contributed by atoms with E-state index in [0.717, 1.165) is 16.7 Å². The molecule has 86 valence electrons. The summed E-state index contributed by atoms with van der Waals surface area (Å²) in [7, 11) is 0. The summed E-state index contributed by atoms with van der Waals surface area (Å²) >= 11 is 5.91. The molecule has 0 atom stereocenters. The standard InChI is InChI=1S/C14H11ClO2/c15-13-3-1-2-12(9-13)11-6-4-10(5-7-11)8-14(16)17/h1-7,9H,8H2,(H,16,17)/p-1. The third-order valence-corrected chi connectivity index (χ3v) is 2.70. The van der Waals surface area contributed by atoms with Crippen LogP contribution in [-0.4, -0.2) is 5.97 Å². The number of rotatable bonds is 3. The molecule has 0 fully saturated rings. The third-order valence-electron chi connectivity index (χ3n) is 2.46. The molecule has 0 aliphatic heterocycles. The van der Waals surface area contributed by atoms with E-state index in [2.05, 4.69) is 0 Å². The fourth-order valence-electron chi connectivity index (χ4n) is 1.65. The van der Waals surface area contributed by atoms with E-state index in [1.165, 1.54) is 0 Å². The Kier molecular flexibility index (Phi) is 3.45. The van der Waals surface area contributed by atoms with Gasteiger partial charge < -0.3 is 9.90 Å². The number of hydrogen-bond acceptors (Lipinski definition) is 2. The van der Waals surface area contributed by atoms with E-state index >= 15 is 0 Å². The van der Waals surface area contributed by atoms with E-state index in [0.29, 0.717) is 5.02 Å². The molecule has 0 N–H and O–H groups in total. The zero-order valence-corrected chi connectivity index (χ0v) is 9.78. The number of carbonyl (C=O) groups excluding carboxylic acids is 1. The van der Waals surface area contributed by atoms with Crippen molar-refractivity contribution in [1.82, 2.24) is 0 Å². The largest absolute Gasteiger partial charge is 0.550 e. The highest BCUT2D eigenvalue weighted by molar-refractivity contribution is 6.30. The van der Waals surface area contributed by atoms with Crippen molar-refractivity contribution in [2.24, 2.45) is 0 Å². The summed E-state index contributed by atoms with van der Waals surface area (Å²) in [5.41, 5.74) is 2.75. The molecule has 0 amide bonds. The highest BCUT2D eigenvalue weighted by Crippen LogP contribution is 2.22. The number of benzene rings is 2. The van der Waals surface area contributed by atoms with Crippen LogP contribution in [0.1, 0.15) is 5.56 Å². The van der Waals surface area contributed by atoms with E-state index in [1.54, 1.807) is 12.1 Å². The van der Waals surface area contributed by atoms with E-state index in [1.807, 2.05) is 36.4 Å². The smallest absolute Gasteiger partial charge is 0.0458 e. The maximum absolute atomic E-state index is 10.4. The van der Waals surface area contributed by atoms with Crippen LogP contribution in [0.25, 0.3) is 11.1 Å². The van der Waals surface area contributed by atoms with Gasteiger partial charge in [-0.2, -0.15) is 0 Å². The number of hydrogen-bond donors (Lipinski definition) is 0. The second kappa shape index (κ2) is 5.02. The molecule has 0 aromatic heterocycles. The van der Waals surface area contributed by atoms with E-state index in [-0.39, 0.29) is 6.42 Å². The normalized spacial score (nSPS) is 10.2. The first-order chi connectivity index (χ1) is 8.15. The number of carboxylic acids is 1. The van der Waals surface area contributed by atoms with Crippen LogP contribution in [0.4, 0.5) is 0 Å². The SMILES string of the molecule is O=C([O-])Cc1ccc(-c2cccc(Cl)c2)cc1. The van der Waals surface area contributed by atoms with Crippen molar-refractivity contribution in [2.45, 2.75) is 6.42 Å². The minimum absolute atomic E-state index is 0.0597. The first kappa shape index (κ1) is 11.7. The van der Waals surface area contributed by atoms with Crippen LogP contribution in [0.2, 0.25) is 5.02 Å². The molecule has 0 radical (unpaired) electrons. The monoisotopic (exact) mass is 245 g/mol. The highest BCUT2D eigenvalue weighted by Gasteiger charge is 1.99. The van der Waals surface area contributed by atoms with E-state index in [9.17, 15) is 9.90 Å². The van der Waals surface area contributed by atoms with Gasteiger partial charge >= 0.3 is 0 Å². The van der Waals surface area contributed by atoms with Gasteiger partial charge in [-0.3, -0.25) is 0 Å². The Hall–Kier alpha value is -1.80. The molecule has 2 aromatic rings. The maximum atomic E-state index is 10.4. The Morgan fingerprint density at radius 2 is 1.76 bits per heavy atom. The summed E-state index contributed by atoms with van der Waals surface area (Å²) in [5.74, 6) is -1.07. The summed E-state index contributed by atoms with van der Waals surface area (Å²) < 4.78 is 0. The van der Waals surface area contributed by atoms with Crippen LogP contribution < -0.4 is 5.11 Å². The predicted octanol–water partition coefficient (Wildman–Crippen LogP) is 2.30. The van der Waals surface area contributed by atoms with Gasteiger partial charge in [0, 0.05) is 17.4 Å². The average Bonchev–Trinajstić information content (AvgIpc) is 2.29. The zero-order valence-electron chi connectivity index (χ0n) is 9.02. The molecule has 2 nitrogen and oxygen atoms in total. The molecule has 0 aliphatic rings. The molecule has 17 heavy (non-hydrogen) atoms. The molecule has 0 saturated carbocycles. The average molecular weight is 246 g/mol. The van der Waals surface area contributed by atoms with Crippen LogP contribution in [0, 0.1) is 0 Å². The number of aliphatic carboxylic acids is 1. The van der Waals surface area contributed by atoms with Crippen LogP contribution in [-0.2, 0) is 11.2 Å². The topological polar surface area (TPSA) is 40.1 Å². The first-order valence-corrected chi connectivity index (χ1v) is 5.58. The van der Waals surface area contributed by atoms with Crippen LogP contribution >= 0.6 is 11.6 Å². The van der Waals surface area contributed by atoms with Gasteiger partial charge in [0.1, 0.15) is 0 Å². The zero-order chi connectivity index (χ0) is 12.3. The fraction of sp³-hybridized carbons (Fsp3) is 0.0714.